The molecule has 0 saturated carbocycles. The fourth-order valence-electron chi connectivity index (χ4n) is 1.49. The molecule has 1 aromatic heterocycles. The number of nitrogens with zero attached hydrogens (tertiary/aromatic N) is 2. The second-order valence-electron chi connectivity index (χ2n) is 3.85. The predicted molar refractivity (Wildman–Crippen MR) is 73.7 cm³/mol. The van der Waals surface area contributed by atoms with E-state index in [1.807, 2.05) is 38.2 Å². The lowest BCUT2D eigenvalue weighted by molar-refractivity contribution is 0.439. The summed E-state index contributed by atoms with van der Waals surface area (Å²) >= 11 is 3.38. The Hall–Kier alpha value is -1.46. The molecule has 0 saturated heterocycles. The van der Waals surface area contributed by atoms with Gasteiger partial charge in [-0.1, -0.05) is 15.9 Å². The normalized spacial score (nSPS) is 10.4. The van der Waals surface area contributed by atoms with Crippen molar-refractivity contribution in [1.29, 1.82) is 0 Å². The van der Waals surface area contributed by atoms with Gasteiger partial charge in [0.05, 0.1) is 0 Å². The van der Waals surface area contributed by atoms with Gasteiger partial charge in [0.1, 0.15) is 5.75 Å². The van der Waals surface area contributed by atoms with Crippen molar-refractivity contribution in [2.75, 3.05) is 7.05 Å². The van der Waals surface area contributed by atoms with Crippen LogP contribution in [-0.2, 0) is 6.54 Å². The molecule has 2 rings (SSSR count). The van der Waals surface area contributed by atoms with E-state index in [0.717, 1.165) is 28.0 Å². The molecule has 0 bridgehead atoms. The number of rotatable bonds is 4. The molecule has 0 amide bonds. The SMILES string of the molecule is CNCc1cnc(Oc2ccc(Br)cc2)nc1C. The summed E-state index contributed by atoms with van der Waals surface area (Å²) in [5, 5.41) is 3.07. The van der Waals surface area contributed by atoms with Gasteiger partial charge in [0.15, 0.2) is 0 Å². The van der Waals surface area contributed by atoms with Crippen LogP contribution in [0.5, 0.6) is 11.8 Å². The monoisotopic (exact) mass is 307 g/mol. The van der Waals surface area contributed by atoms with E-state index < -0.39 is 0 Å². The Morgan fingerprint density at radius 2 is 2.00 bits per heavy atom. The molecule has 0 radical (unpaired) electrons. The third kappa shape index (κ3) is 3.27. The van der Waals surface area contributed by atoms with Gasteiger partial charge in [0.25, 0.3) is 0 Å². The first-order valence-electron chi connectivity index (χ1n) is 5.59. The number of hydrogen-bond acceptors (Lipinski definition) is 4. The van der Waals surface area contributed by atoms with Crippen molar-refractivity contribution in [3.63, 3.8) is 0 Å². The zero-order valence-electron chi connectivity index (χ0n) is 10.3. The van der Waals surface area contributed by atoms with E-state index in [1.165, 1.54) is 0 Å². The van der Waals surface area contributed by atoms with Gasteiger partial charge in [0, 0.05) is 28.5 Å². The van der Waals surface area contributed by atoms with Gasteiger partial charge in [-0.05, 0) is 38.2 Å². The lowest BCUT2D eigenvalue weighted by Crippen LogP contribution is -2.08. The highest BCUT2D eigenvalue weighted by Gasteiger charge is 2.04. The van der Waals surface area contributed by atoms with Gasteiger partial charge in [-0.15, -0.1) is 0 Å². The smallest absolute Gasteiger partial charge is 0.322 e. The van der Waals surface area contributed by atoms with Crippen molar-refractivity contribution in [3.05, 3.63) is 46.2 Å². The van der Waals surface area contributed by atoms with Gasteiger partial charge in [0.2, 0.25) is 0 Å². The van der Waals surface area contributed by atoms with Crippen LogP contribution < -0.4 is 10.1 Å². The third-order valence-electron chi connectivity index (χ3n) is 2.45. The van der Waals surface area contributed by atoms with Gasteiger partial charge >= 0.3 is 6.01 Å². The summed E-state index contributed by atoms with van der Waals surface area (Å²) < 4.78 is 6.59. The minimum atomic E-state index is 0.370. The number of nitrogens with one attached hydrogen (secondary N) is 1. The van der Waals surface area contributed by atoms with E-state index in [-0.39, 0.29) is 0 Å². The summed E-state index contributed by atoms with van der Waals surface area (Å²) in [6.45, 7) is 2.70. The van der Waals surface area contributed by atoms with Gasteiger partial charge < -0.3 is 10.1 Å². The molecular formula is C13H14BrN3O. The molecule has 0 unspecified atom stereocenters. The first kappa shape index (κ1) is 13.0. The second-order valence-corrected chi connectivity index (χ2v) is 4.77. The summed E-state index contributed by atoms with van der Waals surface area (Å²) in [5.41, 5.74) is 1.99. The first-order chi connectivity index (χ1) is 8.69. The maximum absolute atomic E-state index is 5.58. The maximum atomic E-state index is 5.58. The van der Waals surface area contributed by atoms with E-state index in [0.29, 0.717) is 6.01 Å². The molecule has 94 valence electrons. The molecule has 0 aliphatic carbocycles. The van der Waals surface area contributed by atoms with E-state index in [1.54, 1.807) is 6.20 Å². The minimum absolute atomic E-state index is 0.370. The Kier molecular flexibility index (Phi) is 4.28. The maximum Gasteiger partial charge on any atom is 0.322 e. The van der Waals surface area contributed by atoms with E-state index >= 15 is 0 Å². The van der Waals surface area contributed by atoms with Crippen LogP contribution in [-0.4, -0.2) is 17.0 Å². The fourth-order valence-corrected chi connectivity index (χ4v) is 1.76. The van der Waals surface area contributed by atoms with Gasteiger partial charge in [-0.2, -0.15) is 4.98 Å². The van der Waals surface area contributed by atoms with Crippen LogP contribution in [0.25, 0.3) is 0 Å². The summed E-state index contributed by atoms with van der Waals surface area (Å²) in [4.78, 5) is 8.52. The third-order valence-corrected chi connectivity index (χ3v) is 2.98. The highest BCUT2D eigenvalue weighted by molar-refractivity contribution is 9.10. The molecule has 1 heterocycles. The molecule has 1 N–H and O–H groups in total. The molecule has 2 aromatic rings. The van der Waals surface area contributed by atoms with Gasteiger partial charge in [-0.3, -0.25) is 0 Å². The molecule has 0 fully saturated rings. The predicted octanol–water partition coefficient (Wildman–Crippen LogP) is 3.06. The molecule has 0 aliphatic heterocycles. The summed E-state index contributed by atoms with van der Waals surface area (Å²) in [6.07, 6.45) is 1.78. The lowest BCUT2D eigenvalue weighted by Gasteiger charge is -2.07. The van der Waals surface area contributed by atoms with E-state index in [9.17, 15) is 0 Å². The molecule has 0 spiro atoms. The average molecular weight is 308 g/mol. The molecular weight excluding hydrogens is 294 g/mol. The van der Waals surface area contributed by atoms with Crippen molar-refractivity contribution >= 4 is 15.9 Å². The van der Waals surface area contributed by atoms with Crippen LogP contribution in [0, 0.1) is 6.92 Å². The number of aryl methyl sites for hydroxylation is 1. The highest BCUT2D eigenvalue weighted by Crippen LogP contribution is 2.21. The van der Waals surface area contributed by atoms with Crippen LogP contribution in [0.15, 0.2) is 34.9 Å². The molecule has 4 nitrogen and oxygen atoms in total. The Morgan fingerprint density at radius 1 is 1.28 bits per heavy atom. The fraction of sp³-hybridized carbons (Fsp3) is 0.231. The molecule has 0 aliphatic rings. The van der Waals surface area contributed by atoms with Crippen molar-refractivity contribution in [1.82, 2.24) is 15.3 Å². The summed E-state index contributed by atoms with van der Waals surface area (Å²) in [6, 6.07) is 7.93. The number of hydrogen-bond donors (Lipinski definition) is 1. The highest BCUT2D eigenvalue weighted by atomic mass is 79.9. The standard InChI is InChI=1S/C13H14BrN3O/c1-9-10(7-15-2)8-16-13(17-9)18-12-5-3-11(14)4-6-12/h3-6,8,15H,7H2,1-2H3. The second kappa shape index (κ2) is 5.93. The molecule has 1 aromatic carbocycles. The molecule has 18 heavy (non-hydrogen) atoms. The average Bonchev–Trinajstić information content (AvgIpc) is 2.36. The lowest BCUT2D eigenvalue weighted by atomic mass is 10.2. The number of benzene rings is 1. The van der Waals surface area contributed by atoms with E-state index in [2.05, 4.69) is 31.2 Å². The van der Waals surface area contributed by atoms with Crippen LogP contribution in [0.2, 0.25) is 0 Å². The van der Waals surface area contributed by atoms with Crippen LogP contribution in [0.4, 0.5) is 0 Å². The summed E-state index contributed by atoms with van der Waals surface area (Å²) in [7, 11) is 1.89. The Balaban J connectivity index is 2.14. The minimum Gasteiger partial charge on any atom is -0.424 e. The first-order valence-corrected chi connectivity index (χ1v) is 6.39. The van der Waals surface area contributed by atoms with Crippen LogP contribution in [0.3, 0.4) is 0 Å². The quantitative estimate of drug-likeness (QED) is 0.943. The largest absolute Gasteiger partial charge is 0.424 e. The zero-order valence-corrected chi connectivity index (χ0v) is 11.9. The number of aromatic nitrogens is 2. The van der Waals surface area contributed by atoms with E-state index in [4.69, 9.17) is 4.74 Å². The van der Waals surface area contributed by atoms with Crippen molar-refractivity contribution in [2.24, 2.45) is 0 Å². The Labute approximate surface area is 115 Å². The van der Waals surface area contributed by atoms with Crippen LogP contribution >= 0.6 is 15.9 Å². The van der Waals surface area contributed by atoms with Crippen molar-refractivity contribution in [2.45, 2.75) is 13.5 Å². The van der Waals surface area contributed by atoms with Crippen molar-refractivity contribution in [3.8, 4) is 11.8 Å². The molecule has 5 heteroatoms. The number of ether oxygens (including phenoxy) is 1. The molecule has 0 atom stereocenters. The number of halogens is 1. The van der Waals surface area contributed by atoms with Crippen LogP contribution in [0.1, 0.15) is 11.3 Å². The Morgan fingerprint density at radius 3 is 2.61 bits per heavy atom. The van der Waals surface area contributed by atoms with Gasteiger partial charge in [-0.25, -0.2) is 4.98 Å². The topological polar surface area (TPSA) is 47.0 Å². The zero-order chi connectivity index (χ0) is 13.0. The van der Waals surface area contributed by atoms with Crippen molar-refractivity contribution < 1.29 is 4.74 Å². The summed E-state index contributed by atoms with van der Waals surface area (Å²) in [5.74, 6) is 0.721. The Bertz CT molecular complexity index is 528.